The van der Waals surface area contributed by atoms with Crippen LogP contribution in [-0.4, -0.2) is 37.3 Å². The van der Waals surface area contributed by atoms with Gasteiger partial charge in [0.1, 0.15) is 0 Å². The van der Waals surface area contributed by atoms with Crippen molar-refractivity contribution in [3.05, 3.63) is 0 Å². The molecule has 3 heteroatoms. The van der Waals surface area contributed by atoms with Gasteiger partial charge in [-0.1, -0.05) is 6.92 Å². The molecule has 0 saturated carbocycles. The third kappa shape index (κ3) is 6.36. The zero-order valence-electron chi connectivity index (χ0n) is 9.52. The largest absolute Gasteiger partial charge is 0.383 e. The van der Waals surface area contributed by atoms with E-state index in [9.17, 15) is 0 Å². The van der Waals surface area contributed by atoms with Gasteiger partial charge in [-0.15, -0.1) is 0 Å². The molecule has 0 aliphatic carbocycles. The summed E-state index contributed by atoms with van der Waals surface area (Å²) in [6.07, 6.45) is 3.28. The molecule has 0 bridgehead atoms. The van der Waals surface area contributed by atoms with Gasteiger partial charge in [0.05, 0.1) is 6.61 Å². The smallest absolute Gasteiger partial charge is 0.0615 e. The molecule has 1 atom stereocenters. The maximum absolute atomic E-state index is 5.12. The first-order valence-electron chi connectivity index (χ1n) is 4.83. The zero-order valence-corrected chi connectivity index (χ0v) is 10.3. The summed E-state index contributed by atoms with van der Waals surface area (Å²) in [5, 5.41) is 3.52. The Hall–Kier alpha value is 0.270. The van der Waals surface area contributed by atoms with E-state index in [4.69, 9.17) is 4.74 Å². The molecule has 0 spiro atoms. The van der Waals surface area contributed by atoms with Crippen LogP contribution in [0.25, 0.3) is 0 Å². The van der Waals surface area contributed by atoms with Crippen molar-refractivity contribution in [2.24, 2.45) is 0 Å². The summed E-state index contributed by atoms with van der Waals surface area (Å²) >= 11 is 1.89. The van der Waals surface area contributed by atoms with Gasteiger partial charge in [0.2, 0.25) is 0 Å². The summed E-state index contributed by atoms with van der Waals surface area (Å²) in [6.45, 7) is 8.54. The fraction of sp³-hybridized carbons (Fsp3) is 1.00. The van der Waals surface area contributed by atoms with Crippen molar-refractivity contribution in [2.75, 3.05) is 26.5 Å². The summed E-state index contributed by atoms with van der Waals surface area (Å²) in [5.41, 5.74) is 0. The van der Waals surface area contributed by atoms with Gasteiger partial charge in [0.15, 0.2) is 0 Å². The average molecular weight is 205 g/mol. The van der Waals surface area contributed by atoms with Gasteiger partial charge in [0.25, 0.3) is 0 Å². The van der Waals surface area contributed by atoms with Crippen LogP contribution in [0, 0.1) is 0 Å². The van der Waals surface area contributed by atoms with Crippen molar-refractivity contribution < 1.29 is 4.74 Å². The molecule has 0 saturated heterocycles. The number of methoxy groups -OCH3 is 1. The van der Waals surface area contributed by atoms with Gasteiger partial charge < -0.3 is 10.1 Å². The van der Waals surface area contributed by atoms with Crippen molar-refractivity contribution >= 4 is 11.8 Å². The summed E-state index contributed by atoms with van der Waals surface area (Å²) in [5.74, 6) is 0. The Labute approximate surface area is 86.8 Å². The summed E-state index contributed by atoms with van der Waals surface area (Å²) in [6, 6.07) is 0.497. The predicted molar refractivity (Wildman–Crippen MR) is 61.6 cm³/mol. The van der Waals surface area contributed by atoms with Gasteiger partial charge in [-0.3, -0.25) is 0 Å². The van der Waals surface area contributed by atoms with Crippen LogP contribution in [0.1, 0.15) is 27.2 Å². The second kappa shape index (κ2) is 6.68. The Morgan fingerprint density at radius 1 is 1.46 bits per heavy atom. The highest BCUT2D eigenvalue weighted by atomic mass is 32.2. The standard InChI is InChI=1S/C10H23NOS/c1-6-9(7-12-4)11-8-10(2,3)13-5/h9,11H,6-8H2,1-5H3. The number of ether oxygens (including phenoxy) is 1. The van der Waals surface area contributed by atoms with Crippen molar-refractivity contribution in [3.8, 4) is 0 Å². The average Bonchev–Trinajstić information content (AvgIpc) is 2.12. The van der Waals surface area contributed by atoms with Gasteiger partial charge in [-0.25, -0.2) is 0 Å². The first-order chi connectivity index (χ1) is 6.05. The maximum atomic E-state index is 5.12. The fourth-order valence-electron chi connectivity index (χ4n) is 0.985. The van der Waals surface area contributed by atoms with Crippen LogP contribution < -0.4 is 5.32 Å². The third-order valence-corrected chi connectivity index (χ3v) is 3.48. The van der Waals surface area contributed by atoms with E-state index >= 15 is 0 Å². The van der Waals surface area contributed by atoms with E-state index in [1.165, 1.54) is 0 Å². The van der Waals surface area contributed by atoms with E-state index in [-0.39, 0.29) is 0 Å². The zero-order chi connectivity index (χ0) is 10.3. The highest BCUT2D eigenvalue weighted by Crippen LogP contribution is 2.19. The lowest BCUT2D eigenvalue weighted by atomic mass is 10.1. The number of thioether (sulfide) groups is 1. The molecule has 0 amide bonds. The van der Waals surface area contributed by atoms with Crippen molar-refractivity contribution in [2.45, 2.75) is 38.0 Å². The van der Waals surface area contributed by atoms with E-state index in [1.54, 1.807) is 7.11 Å². The molecule has 1 N–H and O–H groups in total. The monoisotopic (exact) mass is 205 g/mol. The minimum atomic E-state index is 0.321. The second-order valence-corrected chi connectivity index (χ2v) is 5.42. The van der Waals surface area contributed by atoms with E-state index in [0.717, 1.165) is 19.6 Å². The van der Waals surface area contributed by atoms with E-state index in [2.05, 4.69) is 32.3 Å². The SMILES string of the molecule is CCC(COC)NCC(C)(C)SC. The minimum absolute atomic E-state index is 0.321. The lowest BCUT2D eigenvalue weighted by Gasteiger charge is -2.26. The molecule has 0 radical (unpaired) electrons. The molecule has 13 heavy (non-hydrogen) atoms. The molecule has 0 aromatic heterocycles. The molecular formula is C10H23NOS. The van der Waals surface area contributed by atoms with Gasteiger partial charge in [-0.2, -0.15) is 11.8 Å². The molecule has 1 unspecified atom stereocenters. The van der Waals surface area contributed by atoms with Crippen molar-refractivity contribution in [1.82, 2.24) is 5.32 Å². The first-order valence-corrected chi connectivity index (χ1v) is 6.05. The van der Waals surface area contributed by atoms with Crippen LogP contribution in [0.5, 0.6) is 0 Å². The molecule has 0 fully saturated rings. The highest BCUT2D eigenvalue weighted by molar-refractivity contribution is 7.99. The lowest BCUT2D eigenvalue weighted by Crippen LogP contribution is -2.40. The van der Waals surface area contributed by atoms with Crippen molar-refractivity contribution in [3.63, 3.8) is 0 Å². The van der Waals surface area contributed by atoms with Crippen LogP contribution in [0.2, 0.25) is 0 Å². The maximum Gasteiger partial charge on any atom is 0.0615 e. The van der Waals surface area contributed by atoms with E-state index < -0.39 is 0 Å². The Morgan fingerprint density at radius 2 is 2.08 bits per heavy atom. The summed E-state index contributed by atoms with van der Waals surface area (Å²) in [4.78, 5) is 0. The Balaban J connectivity index is 3.70. The number of hydrogen-bond acceptors (Lipinski definition) is 3. The summed E-state index contributed by atoms with van der Waals surface area (Å²) < 4.78 is 5.45. The molecule has 0 rings (SSSR count). The van der Waals surface area contributed by atoms with E-state index in [0.29, 0.717) is 10.8 Å². The fourth-order valence-corrected chi connectivity index (χ4v) is 1.21. The number of rotatable bonds is 7. The molecule has 80 valence electrons. The van der Waals surface area contributed by atoms with Crippen LogP contribution in [-0.2, 0) is 4.74 Å². The van der Waals surface area contributed by atoms with Crippen LogP contribution in [0.3, 0.4) is 0 Å². The lowest BCUT2D eigenvalue weighted by molar-refractivity contribution is 0.163. The normalized spacial score (nSPS) is 14.5. The molecular weight excluding hydrogens is 182 g/mol. The van der Waals surface area contributed by atoms with Gasteiger partial charge in [-0.05, 0) is 26.5 Å². The topological polar surface area (TPSA) is 21.3 Å². The third-order valence-electron chi connectivity index (χ3n) is 2.23. The predicted octanol–water partition coefficient (Wildman–Crippen LogP) is 2.14. The second-order valence-electron chi connectivity index (χ2n) is 3.91. The quantitative estimate of drug-likeness (QED) is 0.688. The van der Waals surface area contributed by atoms with Crippen LogP contribution in [0.15, 0.2) is 0 Å². The van der Waals surface area contributed by atoms with E-state index in [1.807, 2.05) is 11.8 Å². The highest BCUT2D eigenvalue weighted by Gasteiger charge is 2.17. The number of hydrogen-bond donors (Lipinski definition) is 1. The van der Waals surface area contributed by atoms with Gasteiger partial charge in [0, 0.05) is 24.4 Å². The van der Waals surface area contributed by atoms with Crippen molar-refractivity contribution in [1.29, 1.82) is 0 Å². The van der Waals surface area contributed by atoms with Gasteiger partial charge >= 0.3 is 0 Å². The molecule has 2 nitrogen and oxygen atoms in total. The van der Waals surface area contributed by atoms with Crippen LogP contribution in [0.4, 0.5) is 0 Å². The molecule has 0 heterocycles. The molecule has 0 aliphatic heterocycles. The minimum Gasteiger partial charge on any atom is -0.383 e. The number of nitrogens with one attached hydrogen (secondary N) is 1. The Kier molecular flexibility index (Phi) is 6.82. The first kappa shape index (κ1) is 13.3. The molecule has 0 aromatic rings. The Morgan fingerprint density at radius 3 is 2.46 bits per heavy atom. The van der Waals surface area contributed by atoms with Crippen LogP contribution >= 0.6 is 11.8 Å². The molecule has 0 aromatic carbocycles. The summed E-state index contributed by atoms with van der Waals surface area (Å²) in [7, 11) is 1.75. The Bertz CT molecular complexity index is 128. The molecule has 0 aliphatic rings.